The standard InChI is InChI=1S/C13H12BrN5O4/c1-13(2,3)23-12(22)18(11(20)21)10-8(14)6-16-9-7(4-15)5-17-19(9)10/h5-6H,1-3H3,(H,20,21). The van der Waals surface area contributed by atoms with Gasteiger partial charge in [0.25, 0.3) is 0 Å². The molecule has 10 heteroatoms. The molecular weight excluding hydrogens is 370 g/mol. The molecule has 0 aliphatic carbocycles. The van der Waals surface area contributed by atoms with E-state index in [1.807, 2.05) is 6.07 Å². The number of amides is 2. The van der Waals surface area contributed by atoms with E-state index in [-0.39, 0.29) is 21.5 Å². The number of rotatable bonds is 1. The molecule has 0 atom stereocenters. The van der Waals surface area contributed by atoms with Crippen molar-refractivity contribution in [2.75, 3.05) is 4.90 Å². The van der Waals surface area contributed by atoms with Crippen molar-refractivity contribution in [3.8, 4) is 6.07 Å². The molecule has 2 aromatic heterocycles. The van der Waals surface area contributed by atoms with E-state index in [0.717, 1.165) is 4.52 Å². The first-order valence-corrected chi connectivity index (χ1v) is 7.13. The molecule has 0 unspecified atom stereocenters. The maximum absolute atomic E-state index is 12.2. The van der Waals surface area contributed by atoms with Gasteiger partial charge in [0, 0.05) is 6.20 Å². The summed E-state index contributed by atoms with van der Waals surface area (Å²) in [6.45, 7) is 4.84. The molecule has 2 heterocycles. The van der Waals surface area contributed by atoms with Gasteiger partial charge in [0.15, 0.2) is 11.5 Å². The van der Waals surface area contributed by atoms with Crippen LogP contribution in [0, 0.1) is 11.3 Å². The van der Waals surface area contributed by atoms with Crippen LogP contribution in [0.2, 0.25) is 0 Å². The zero-order chi connectivity index (χ0) is 17.4. The smallest absolute Gasteiger partial charge is 0.425 e. The van der Waals surface area contributed by atoms with Crippen molar-refractivity contribution in [1.82, 2.24) is 14.6 Å². The molecule has 120 valence electrons. The Morgan fingerprint density at radius 2 is 2.09 bits per heavy atom. The predicted molar refractivity (Wildman–Crippen MR) is 82.1 cm³/mol. The number of hydrogen-bond donors (Lipinski definition) is 1. The molecule has 23 heavy (non-hydrogen) atoms. The van der Waals surface area contributed by atoms with E-state index in [4.69, 9.17) is 10.00 Å². The first-order valence-electron chi connectivity index (χ1n) is 6.34. The number of carbonyl (C=O) groups excluding carboxylic acids is 1. The number of carboxylic acid groups (broad SMARTS) is 1. The molecule has 0 aliphatic heterocycles. The molecule has 0 saturated heterocycles. The summed E-state index contributed by atoms with van der Waals surface area (Å²) in [5.74, 6) is -0.127. The molecule has 0 aliphatic rings. The average molecular weight is 382 g/mol. The van der Waals surface area contributed by atoms with Crippen LogP contribution in [0.25, 0.3) is 5.65 Å². The minimum absolute atomic E-state index is 0.125. The molecule has 9 nitrogen and oxygen atoms in total. The number of nitrogens with zero attached hydrogens (tertiary/aromatic N) is 5. The summed E-state index contributed by atoms with van der Waals surface area (Å²) in [7, 11) is 0. The average Bonchev–Trinajstić information content (AvgIpc) is 2.82. The van der Waals surface area contributed by atoms with E-state index >= 15 is 0 Å². The van der Waals surface area contributed by atoms with Gasteiger partial charge in [-0.1, -0.05) is 0 Å². The Morgan fingerprint density at radius 1 is 1.43 bits per heavy atom. The van der Waals surface area contributed by atoms with Crippen molar-refractivity contribution in [2.24, 2.45) is 0 Å². The van der Waals surface area contributed by atoms with Crippen molar-refractivity contribution in [2.45, 2.75) is 26.4 Å². The van der Waals surface area contributed by atoms with E-state index in [1.165, 1.54) is 12.4 Å². The van der Waals surface area contributed by atoms with Gasteiger partial charge < -0.3 is 9.84 Å². The molecule has 0 aromatic carbocycles. The summed E-state index contributed by atoms with van der Waals surface area (Å²) in [5, 5.41) is 22.4. The first-order chi connectivity index (χ1) is 10.7. The van der Waals surface area contributed by atoms with Crippen molar-refractivity contribution in [3.63, 3.8) is 0 Å². The second kappa shape index (κ2) is 5.85. The third-order valence-corrected chi connectivity index (χ3v) is 3.12. The van der Waals surface area contributed by atoms with Gasteiger partial charge in [0.2, 0.25) is 0 Å². The molecule has 0 fully saturated rings. The number of ether oxygens (including phenoxy) is 1. The molecule has 1 N–H and O–H groups in total. The van der Waals surface area contributed by atoms with Crippen LogP contribution in [-0.2, 0) is 4.74 Å². The molecule has 0 spiro atoms. The van der Waals surface area contributed by atoms with Crippen LogP contribution in [-0.4, -0.2) is 37.5 Å². The van der Waals surface area contributed by atoms with Gasteiger partial charge in [0.1, 0.15) is 17.2 Å². The Bertz CT molecular complexity index is 833. The highest BCUT2D eigenvalue weighted by Crippen LogP contribution is 2.28. The van der Waals surface area contributed by atoms with Gasteiger partial charge in [-0.3, -0.25) is 0 Å². The van der Waals surface area contributed by atoms with Crippen molar-refractivity contribution >= 4 is 39.6 Å². The Balaban J connectivity index is 2.65. The Hall–Kier alpha value is -2.67. The maximum atomic E-state index is 12.2. The Labute approximate surface area is 139 Å². The SMILES string of the molecule is CC(C)(C)OC(=O)N(C(=O)O)c1c(Br)cnc2c(C#N)cnn12. The lowest BCUT2D eigenvalue weighted by Crippen LogP contribution is -2.41. The fraction of sp³-hybridized carbons (Fsp3) is 0.308. The third kappa shape index (κ3) is 3.24. The van der Waals surface area contributed by atoms with Crippen LogP contribution < -0.4 is 4.90 Å². The number of anilines is 1. The number of nitriles is 1. The minimum atomic E-state index is -1.55. The highest BCUT2D eigenvalue weighted by Gasteiger charge is 2.32. The zero-order valence-electron chi connectivity index (χ0n) is 12.4. The minimum Gasteiger partial charge on any atom is -0.464 e. The largest absolute Gasteiger partial charge is 0.464 e. The van der Waals surface area contributed by atoms with Crippen LogP contribution in [0.3, 0.4) is 0 Å². The molecule has 0 bridgehead atoms. The summed E-state index contributed by atoms with van der Waals surface area (Å²) in [6.07, 6.45) is -0.130. The summed E-state index contributed by atoms with van der Waals surface area (Å²) >= 11 is 3.15. The lowest BCUT2D eigenvalue weighted by Gasteiger charge is -2.24. The number of carbonyl (C=O) groups is 2. The fourth-order valence-corrected chi connectivity index (χ4v) is 2.19. The molecule has 2 aromatic rings. The molecule has 0 saturated carbocycles. The predicted octanol–water partition coefficient (Wildman–Crippen LogP) is 2.78. The van der Waals surface area contributed by atoms with Crippen LogP contribution >= 0.6 is 15.9 Å². The van der Waals surface area contributed by atoms with Gasteiger partial charge in [-0.25, -0.2) is 14.6 Å². The number of halogens is 1. The van der Waals surface area contributed by atoms with Gasteiger partial charge in [-0.05, 0) is 36.7 Å². The van der Waals surface area contributed by atoms with E-state index < -0.39 is 17.8 Å². The van der Waals surface area contributed by atoms with E-state index in [9.17, 15) is 14.7 Å². The van der Waals surface area contributed by atoms with Gasteiger partial charge in [-0.15, -0.1) is 0 Å². The number of fused-ring (bicyclic) bond motifs is 1. The van der Waals surface area contributed by atoms with E-state index in [1.54, 1.807) is 20.8 Å². The molecule has 0 radical (unpaired) electrons. The summed E-state index contributed by atoms with van der Waals surface area (Å²) in [6, 6.07) is 1.89. The van der Waals surface area contributed by atoms with E-state index in [2.05, 4.69) is 26.0 Å². The summed E-state index contributed by atoms with van der Waals surface area (Å²) in [4.78, 5) is 28.2. The van der Waals surface area contributed by atoms with E-state index in [0.29, 0.717) is 4.90 Å². The van der Waals surface area contributed by atoms with Crippen molar-refractivity contribution in [3.05, 3.63) is 22.4 Å². The second-order valence-electron chi connectivity index (χ2n) is 5.43. The van der Waals surface area contributed by atoms with Gasteiger partial charge >= 0.3 is 12.2 Å². The van der Waals surface area contributed by atoms with Crippen LogP contribution in [0.1, 0.15) is 26.3 Å². The number of hydrogen-bond acceptors (Lipinski definition) is 6. The summed E-state index contributed by atoms with van der Waals surface area (Å²) < 4.78 is 6.40. The normalized spacial score (nSPS) is 11.1. The highest BCUT2D eigenvalue weighted by atomic mass is 79.9. The van der Waals surface area contributed by atoms with Crippen LogP contribution in [0.4, 0.5) is 15.4 Å². The molecule has 2 rings (SSSR count). The third-order valence-electron chi connectivity index (χ3n) is 2.56. The maximum Gasteiger partial charge on any atom is 0.425 e. The topological polar surface area (TPSA) is 121 Å². The quantitative estimate of drug-likeness (QED) is 0.805. The number of imide groups is 1. The lowest BCUT2D eigenvalue weighted by molar-refractivity contribution is 0.0580. The summed E-state index contributed by atoms with van der Waals surface area (Å²) in [5.41, 5.74) is -0.612. The van der Waals surface area contributed by atoms with Gasteiger partial charge in [0.05, 0.1) is 10.7 Å². The monoisotopic (exact) mass is 381 g/mol. The Kier molecular flexibility index (Phi) is 4.24. The fourth-order valence-electron chi connectivity index (χ4n) is 1.74. The second-order valence-corrected chi connectivity index (χ2v) is 6.29. The number of aromatic nitrogens is 3. The van der Waals surface area contributed by atoms with Gasteiger partial charge in [-0.2, -0.15) is 19.8 Å². The van der Waals surface area contributed by atoms with Crippen molar-refractivity contribution in [1.29, 1.82) is 5.26 Å². The lowest BCUT2D eigenvalue weighted by atomic mass is 10.2. The molecule has 2 amide bonds. The molecular formula is C13H12BrN5O4. The van der Waals surface area contributed by atoms with Crippen LogP contribution in [0.15, 0.2) is 16.9 Å². The van der Waals surface area contributed by atoms with Crippen LogP contribution in [0.5, 0.6) is 0 Å². The zero-order valence-corrected chi connectivity index (χ0v) is 14.0. The van der Waals surface area contributed by atoms with Crippen molar-refractivity contribution < 1.29 is 19.4 Å². The Morgan fingerprint density at radius 3 is 2.61 bits per heavy atom. The highest BCUT2D eigenvalue weighted by molar-refractivity contribution is 9.10. The first kappa shape index (κ1) is 16.7.